The SMILES string of the molecule is CN=C(C(N)=O)C1=C(N)CN(C)C(=O)c2ccc(F)cc2C(C)Cc2cc1cnc2N. The highest BCUT2D eigenvalue weighted by molar-refractivity contribution is 6.55. The van der Waals surface area contributed by atoms with Crippen molar-refractivity contribution in [2.75, 3.05) is 26.4 Å². The molecule has 1 aliphatic heterocycles. The molecule has 0 radical (unpaired) electrons. The van der Waals surface area contributed by atoms with Gasteiger partial charge in [0.05, 0.1) is 6.54 Å². The molecule has 2 amide bonds. The molecule has 0 saturated heterocycles. The lowest BCUT2D eigenvalue weighted by molar-refractivity contribution is -0.111. The van der Waals surface area contributed by atoms with Crippen molar-refractivity contribution < 1.29 is 14.0 Å². The van der Waals surface area contributed by atoms with E-state index >= 15 is 0 Å². The van der Waals surface area contributed by atoms with Crippen molar-refractivity contribution in [3.8, 4) is 0 Å². The molecule has 1 aliphatic rings. The molecule has 2 heterocycles. The maximum Gasteiger partial charge on any atom is 0.267 e. The van der Waals surface area contributed by atoms with Gasteiger partial charge in [0, 0.05) is 42.7 Å². The van der Waals surface area contributed by atoms with E-state index in [2.05, 4.69) is 9.98 Å². The van der Waals surface area contributed by atoms with E-state index in [1.54, 1.807) is 13.1 Å². The van der Waals surface area contributed by atoms with Crippen LogP contribution in [0, 0.1) is 5.82 Å². The van der Waals surface area contributed by atoms with E-state index in [-0.39, 0.29) is 29.8 Å². The first-order valence-corrected chi connectivity index (χ1v) is 9.69. The molecule has 6 N–H and O–H groups in total. The van der Waals surface area contributed by atoms with Crippen LogP contribution in [0.4, 0.5) is 10.2 Å². The Kier molecular flexibility index (Phi) is 6.05. The standard InChI is InChI=1S/C22H25FN6O2/c1-11-6-12-7-13(9-28-20(12)25)18(19(27-2)21(26)30)17(24)10-29(3)22(31)15-5-4-14(23)8-16(11)15/h4-5,7-9,11H,6,10,24H2,1-3H3,(H2,25,28)(H2,26,30). The van der Waals surface area contributed by atoms with Gasteiger partial charge in [-0.1, -0.05) is 6.92 Å². The Morgan fingerprint density at radius 1 is 1.29 bits per heavy atom. The van der Waals surface area contributed by atoms with Gasteiger partial charge in [0.15, 0.2) is 0 Å². The van der Waals surface area contributed by atoms with Crippen LogP contribution in [0.3, 0.4) is 0 Å². The summed E-state index contributed by atoms with van der Waals surface area (Å²) in [7, 11) is 3.01. The van der Waals surface area contributed by atoms with Crippen LogP contribution in [0.25, 0.3) is 5.57 Å². The summed E-state index contributed by atoms with van der Waals surface area (Å²) in [5.74, 6) is -1.45. The van der Waals surface area contributed by atoms with Gasteiger partial charge in [-0.15, -0.1) is 0 Å². The molecule has 0 aliphatic carbocycles. The van der Waals surface area contributed by atoms with Gasteiger partial charge in [-0.25, -0.2) is 9.37 Å². The van der Waals surface area contributed by atoms with E-state index in [1.165, 1.54) is 36.3 Å². The summed E-state index contributed by atoms with van der Waals surface area (Å²) in [5, 5.41) is 0. The Morgan fingerprint density at radius 3 is 2.65 bits per heavy atom. The second-order valence-corrected chi connectivity index (χ2v) is 7.60. The zero-order valence-electron chi connectivity index (χ0n) is 17.6. The molecule has 1 atom stereocenters. The molecule has 2 aromatic rings. The highest BCUT2D eigenvalue weighted by Crippen LogP contribution is 2.30. The third kappa shape index (κ3) is 4.25. The summed E-state index contributed by atoms with van der Waals surface area (Å²) in [5.41, 5.74) is 20.6. The van der Waals surface area contributed by atoms with E-state index in [0.717, 1.165) is 0 Å². The number of amides is 2. The van der Waals surface area contributed by atoms with Crippen LogP contribution in [0.15, 0.2) is 41.2 Å². The molecule has 31 heavy (non-hydrogen) atoms. The lowest BCUT2D eigenvalue weighted by Gasteiger charge is -2.25. The molecule has 162 valence electrons. The van der Waals surface area contributed by atoms with Gasteiger partial charge in [0.1, 0.15) is 17.3 Å². The molecular weight excluding hydrogens is 399 g/mol. The number of aromatic nitrogens is 1. The van der Waals surface area contributed by atoms with Crippen LogP contribution in [0.5, 0.6) is 0 Å². The van der Waals surface area contributed by atoms with E-state index < -0.39 is 11.7 Å². The zero-order valence-corrected chi connectivity index (χ0v) is 17.6. The monoisotopic (exact) mass is 424 g/mol. The fourth-order valence-electron chi connectivity index (χ4n) is 3.83. The van der Waals surface area contributed by atoms with Crippen molar-refractivity contribution in [3.63, 3.8) is 0 Å². The number of aliphatic imine (C=N–C) groups is 1. The summed E-state index contributed by atoms with van der Waals surface area (Å²) in [6, 6.07) is 5.86. The molecule has 2 bridgehead atoms. The number of benzene rings is 1. The van der Waals surface area contributed by atoms with E-state index in [0.29, 0.717) is 40.1 Å². The van der Waals surface area contributed by atoms with Crippen LogP contribution in [-0.4, -0.2) is 48.1 Å². The van der Waals surface area contributed by atoms with Gasteiger partial charge in [-0.3, -0.25) is 14.6 Å². The summed E-state index contributed by atoms with van der Waals surface area (Å²) in [6.45, 7) is 1.88. The summed E-state index contributed by atoms with van der Waals surface area (Å²) < 4.78 is 14.0. The van der Waals surface area contributed by atoms with Crippen LogP contribution in [-0.2, 0) is 11.2 Å². The van der Waals surface area contributed by atoms with Crippen molar-refractivity contribution in [1.82, 2.24) is 9.88 Å². The average molecular weight is 424 g/mol. The Balaban J connectivity index is 2.29. The second kappa shape index (κ2) is 8.55. The number of carbonyl (C=O) groups is 2. The Labute approximate surface area is 179 Å². The molecule has 1 unspecified atom stereocenters. The Morgan fingerprint density at radius 2 is 2.00 bits per heavy atom. The minimum atomic E-state index is -0.755. The third-order valence-electron chi connectivity index (χ3n) is 5.36. The number of carbonyl (C=O) groups excluding carboxylic acids is 2. The summed E-state index contributed by atoms with van der Waals surface area (Å²) in [4.78, 5) is 34.9. The quantitative estimate of drug-likeness (QED) is 0.626. The fraction of sp³-hybridized carbons (Fsp3) is 0.273. The minimum absolute atomic E-state index is 0.00856. The summed E-state index contributed by atoms with van der Waals surface area (Å²) in [6.07, 6.45) is 1.88. The molecule has 8 nitrogen and oxygen atoms in total. The predicted molar refractivity (Wildman–Crippen MR) is 118 cm³/mol. The molecule has 0 spiro atoms. The highest BCUT2D eigenvalue weighted by atomic mass is 19.1. The third-order valence-corrected chi connectivity index (χ3v) is 5.36. The number of nitrogens with two attached hydrogens (primary N) is 3. The zero-order chi connectivity index (χ0) is 22.9. The first kappa shape index (κ1) is 21.9. The molecule has 3 rings (SSSR count). The summed E-state index contributed by atoms with van der Waals surface area (Å²) >= 11 is 0. The van der Waals surface area contributed by atoms with Crippen LogP contribution in [0.1, 0.15) is 39.9 Å². The number of primary amides is 1. The first-order chi connectivity index (χ1) is 14.6. The number of likely N-dealkylation sites (N-methyl/N-ethyl adjacent to an activating group) is 1. The lowest BCUT2D eigenvalue weighted by Crippen LogP contribution is -2.34. The van der Waals surface area contributed by atoms with Gasteiger partial charge in [-0.2, -0.15) is 0 Å². The van der Waals surface area contributed by atoms with Crippen LogP contribution < -0.4 is 17.2 Å². The van der Waals surface area contributed by atoms with Crippen LogP contribution >= 0.6 is 0 Å². The van der Waals surface area contributed by atoms with Gasteiger partial charge in [0.2, 0.25) is 0 Å². The van der Waals surface area contributed by atoms with E-state index in [4.69, 9.17) is 17.2 Å². The number of rotatable bonds is 2. The molecule has 9 heteroatoms. The lowest BCUT2D eigenvalue weighted by atomic mass is 9.88. The van der Waals surface area contributed by atoms with E-state index in [9.17, 15) is 14.0 Å². The number of nitrogen functional groups attached to an aromatic ring is 1. The molecule has 0 fully saturated rings. The number of pyridine rings is 1. The molecular formula is C22H25FN6O2. The van der Waals surface area contributed by atoms with Gasteiger partial charge >= 0.3 is 0 Å². The smallest absolute Gasteiger partial charge is 0.267 e. The van der Waals surface area contributed by atoms with Crippen molar-refractivity contribution in [2.45, 2.75) is 19.3 Å². The topological polar surface area (TPSA) is 141 Å². The minimum Gasteiger partial charge on any atom is -0.400 e. The van der Waals surface area contributed by atoms with Gasteiger partial charge < -0.3 is 22.1 Å². The molecule has 0 saturated carbocycles. The van der Waals surface area contributed by atoms with Gasteiger partial charge in [-0.05, 0) is 47.7 Å². The van der Waals surface area contributed by atoms with Crippen molar-refractivity contribution in [3.05, 3.63) is 64.2 Å². The van der Waals surface area contributed by atoms with Gasteiger partial charge in [0.25, 0.3) is 11.8 Å². The Bertz CT molecular complexity index is 1120. The number of anilines is 1. The second-order valence-electron chi connectivity index (χ2n) is 7.60. The number of hydrogen-bond acceptors (Lipinski definition) is 6. The predicted octanol–water partition coefficient (Wildman–Crippen LogP) is 1.46. The Hall–Kier alpha value is -3.75. The van der Waals surface area contributed by atoms with Crippen molar-refractivity contribution in [1.29, 1.82) is 0 Å². The van der Waals surface area contributed by atoms with Crippen molar-refractivity contribution >= 4 is 28.9 Å². The highest BCUT2D eigenvalue weighted by Gasteiger charge is 2.26. The maximum absolute atomic E-state index is 14.0. The van der Waals surface area contributed by atoms with Crippen molar-refractivity contribution in [2.24, 2.45) is 16.5 Å². The molecule has 1 aromatic heterocycles. The normalized spacial score (nSPS) is 17.7. The fourth-order valence-corrected chi connectivity index (χ4v) is 3.83. The van der Waals surface area contributed by atoms with Crippen LogP contribution in [0.2, 0.25) is 0 Å². The average Bonchev–Trinajstić information content (AvgIpc) is 2.71. The largest absolute Gasteiger partial charge is 0.400 e. The maximum atomic E-state index is 14.0. The number of fused-ring (bicyclic) bond motifs is 3. The number of nitrogens with zero attached hydrogens (tertiary/aromatic N) is 3. The molecule has 1 aromatic carbocycles. The first-order valence-electron chi connectivity index (χ1n) is 9.69. The van der Waals surface area contributed by atoms with E-state index in [1.807, 2.05) is 6.92 Å². The number of hydrogen-bond donors (Lipinski definition) is 3. The number of halogens is 1.